The molecule has 3 N–H and O–H groups in total. The average molecular weight is 289 g/mol. The summed E-state index contributed by atoms with van der Waals surface area (Å²) < 4.78 is 0. The molecule has 6 nitrogen and oxygen atoms in total. The minimum atomic E-state index is -0.288. The Balaban J connectivity index is 1.66. The molecule has 2 aliphatic rings. The number of piperidine rings is 1. The highest BCUT2D eigenvalue weighted by molar-refractivity contribution is 5.84. The molecule has 114 valence electrons. The summed E-state index contributed by atoms with van der Waals surface area (Å²) in [5, 5.41) is 3.18. The molecule has 0 radical (unpaired) electrons. The third-order valence-electron chi connectivity index (χ3n) is 4.11. The zero-order valence-electron chi connectivity index (χ0n) is 12.5. The molecule has 1 aliphatic heterocycles. The largest absolute Gasteiger partial charge is 0.384 e. The van der Waals surface area contributed by atoms with E-state index in [0.29, 0.717) is 17.6 Å². The summed E-state index contributed by atoms with van der Waals surface area (Å²) in [6, 6.07) is 1.41. The fourth-order valence-corrected chi connectivity index (χ4v) is 2.76. The Morgan fingerprint density at radius 3 is 2.71 bits per heavy atom. The van der Waals surface area contributed by atoms with Gasteiger partial charge in [0, 0.05) is 25.1 Å². The molecular formula is C15H23N5O. The van der Waals surface area contributed by atoms with Crippen LogP contribution >= 0.6 is 0 Å². The number of amides is 1. The molecule has 6 heteroatoms. The molecule has 1 aromatic heterocycles. The van der Waals surface area contributed by atoms with Crippen LogP contribution in [0.4, 0.5) is 11.6 Å². The second-order valence-electron chi connectivity index (χ2n) is 6.06. The summed E-state index contributed by atoms with van der Waals surface area (Å²) in [5.74, 6) is 2.51. The molecule has 2 heterocycles. The molecule has 2 fully saturated rings. The Morgan fingerprint density at radius 1 is 1.33 bits per heavy atom. The average Bonchev–Trinajstić information content (AvgIpc) is 3.31. The number of carbonyl (C=O) groups is 1. The number of rotatable bonds is 4. The normalized spacial score (nSPS) is 20.1. The van der Waals surface area contributed by atoms with Crippen LogP contribution in [0.1, 0.15) is 50.8 Å². The molecule has 1 aliphatic carbocycles. The maximum atomic E-state index is 12.4. The highest BCUT2D eigenvalue weighted by atomic mass is 16.2. The highest BCUT2D eigenvalue weighted by Crippen LogP contribution is 2.38. The van der Waals surface area contributed by atoms with Gasteiger partial charge in [-0.25, -0.2) is 9.97 Å². The number of likely N-dealkylation sites (tertiary alicyclic amines) is 1. The van der Waals surface area contributed by atoms with E-state index in [1.165, 1.54) is 6.42 Å². The van der Waals surface area contributed by atoms with Crippen LogP contribution in [0.3, 0.4) is 0 Å². The van der Waals surface area contributed by atoms with E-state index in [1.54, 1.807) is 6.07 Å². The van der Waals surface area contributed by atoms with Gasteiger partial charge in [-0.3, -0.25) is 4.79 Å². The van der Waals surface area contributed by atoms with E-state index >= 15 is 0 Å². The molecule has 0 spiro atoms. The first kappa shape index (κ1) is 14.1. The molecule has 1 atom stereocenters. The SMILES string of the molecule is CC(Nc1cc(N)nc(C2CC2)n1)C(=O)N1CCCCC1. The van der Waals surface area contributed by atoms with Gasteiger partial charge >= 0.3 is 0 Å². The summed E-state index contributed by atoms with van der Waals surface area (Å²) in [5.41, 5.74) is 5.83. The van der Waals surface area contributed by atoms with Gasteiger partial charge < -0.3 is 16.0 Å². The number of nitrogens with zero attached hydrogens (tertiary/aromatic N) is 3. The zero-order valence-corrected chi connectivity index (χ0v) is 12.5. The standard InChI is InChI=1S/C15H23N5O/c1-10(15(21)20-7-3-2-4-8-20)17-13-9-12(16)18-14(19-13)11-5-6-11/h9-11H,2-8H2,1H3,(H3,16,17,18,19). The van der Waals surface area contributed by atoms with E-state index in [1.807, 2.05) is 11.8 Å². The Kier molecular flexibility index (Phi) is 3.94. The number of hydrogen-bond donors (Lipinski definition) is 2. The smallest absolute Gasteiger partial charge is 0.244 e. The first-order valence-electron chi connectivity index (χ1n) is 7.83. The van der Waals surface area contributed by atoms with Crippen molar-refractivity contribution in [3.63, 3.8) is 0 Å². The quantitative estimate of drug-likeness (QED) is 0.882. The molecular weight excluding hydrogens is 266 g/mol. The summed E-state index contributed by atoms with van der Waals surface area (Å²) in [6.45, 7) is 3.61. The molecule has 1 aromatic rings. The Hall–Kier alpha value is -1.85. The van der Waals surface area contributed by atoms with Crippen molar-refractivity contribution in [1.29, 1.82) is 0 Å². The van der Waals surface area contributed by atoms with Gasteiger partial charge in [-0.05, 0) is 39.0 Å². The topological polar surface area (TPSA) is 84.1 Å². The van der Waals surface area contributed by atoms with Crippen LogP contribution in [-0.4, -0.2) is 39.9 Å². The van der Waals surface area contributed by atoms with Crippen molar-refractivity contribution in [2.45, 2.75) is 51.0 Å². The molecule has 1 amide bonds. The van der Waals surface area contributed by atoms with E-state index in [2.05, 4.69) is 15.3 Å². The summed E-state index contributed by atoms with van der Waals surface area (Å²) >= 11 is 0. The van der Waals surface area contributed by atoms with Crippen LogP contribution in [-0.2, 0) is 4.79 Å². The number of nitrogens with one attached hydrogen (secondary N) is 1. The van der Waals surface area contributed by atoms with Gasteiger partial charge in [-0.2, -0.15) is 0 Å². The van der Waals surface area contributed by atoms with E-state index in [-0.39, 0.29) is 11.9 Å². The van der Waals surface area contributed by atoms with Crippen molar-refractivity contribution in [2.24, 2.45) is 0 Å². The van der Waals surface area contributed by atoms with Crippen LogP contribution in [0.2, 0.25) is 0 Å². The van der Waals surface area contributed by atoms with Crippen LogP contribution in [0.5, 0.6) is 0 Å². The summed E-state index contributed by atoms with van der Waals surface area (Å²) in [6.07, 6.45) is 5.69. The lowest BCUT2D eigenvalue weighted by Gasteiger charge is -2.29. The lowest BCUT2D eigenvalue weighted by molar-refractivity contribution is -0.132. The van der Waals surface area contributed by atoms with Crippen LogP contribution < -0.4 is 11.1 Å². The summed E-state index contributed by atoms with van der Waals surface area (Å²) in [4.78, 5) is 23.1. The van der Waals surface area contributed by atoms with Crippen molar-refractivity contribution in [2.75, 3.05) is 24.1 Å². The second kappa shape index (κ2) is 5.87. The van der Waals surface area contributed by atoms with Crippen LogP contribution in [0.15, 0.2) is 6.07 Å². The van der Waals surface area contributed by atoms with E-state index in [9.17, 15) is 4.79 Å². The molecule has 21 heavy (non-hydrogen) atoms. The predicted octanol–water partition coefficient (Wildman–Crippen LogP) is 1.75. The highest BCUT2D eigenvalue weighted by Gasteiger charge is 2.28. The lowest BCUT2D eigenvalue weighted by Crippen LogP contribution is -2.44. The Bertz CT molecular complexity index is 523. The van der Waals surface area contributed by atoms with Crippen molar-refractivity contribution in [3.8, 4) is 0 Å². The number of hydrogen-bond acceptors (Lipinski definition) is 5. The molecule has 0 bridgehead atoms. The van der Waals surface area contributed by atoms with Crippen molar-refractivity contribution in [3.05, 3.63) is 11.9 Å². The number of anilines is 2. The van der Waals surface area contributed by atoms with Gasteiger partial charge in [0.1, 0.15) is 23.5 Å². The van der Waals surface area contributed by atoms with Crippen molar-refractivity contribution >= 4 is 17.5 Å². The monoisotopic (exact) mass is 289 g/mol. The minimum absolute atomic E-state index is 0.139. The fraction of sp³-hybridized carbons (Fsp3) is 0.667. The van der Waals surface area contributed by atoms with Crippen LogP contribution in [0, 0.1) is 0 Å². The van der Waals surface area contributed by atoms with Crippen LogP contribution in [0.25, 0.3) is 0 Å². The second-order valence-corrected chi connectivity index (χ2v) is 6.06. The molecule has 1 unspecified atom stereocenters. The fourth-order valence-electron chi connectivity index (χ4n) is 2.76. The third-order valence-corrected chi connectivity index (χ3v) is 4.11. The molecule has 0 aromatic carbocycles. The number of nitrogen functional groups attached to an aromatic ring is 1. The first-order valence-corrected chi connectivity index (χ1v) is 7.83. The van der Waals surface area contributed by atoms with Gasteiger partial charge in [0.2, 0.25) is 5.91 Å². The Labute approximate surface area is 125 Å². The van der Waals surface area contributed by atoms with Gasteiger partial charge in [-0.1, -0.05) is 0 Å². The number of nitrogens with two attached hydrogens (primary N) is 1. The van der Waals surface area contributed by atoms with Gasteiger partial charge in [0.25, 0.3) is 0 Å². The van der Waals surface area contributed by atoms with E-state index in [4.69, 9.17) is 5.73 Å². The number of carbonyl (C=O) groups excluding carboxylic acids is 1. The van der Waals surface area contributed by atoms with Gasteiger partial charge in [0.05, 0.1) is 0 Å². The maximum Gasteiger partial charge on any atom is 0.244 e. The van der Waals surface area contributed by atoms with Crippen molar-refractivity contribution in [1.82, 2.24) is 14.9 Å². The van der Waals surface area contributed by atoms with Crippen molar-refractivity contribution < 1.29 is 4.79 Å². The number of aromatic nitrogens is 2. The third kappa shape index (κ3) is 3.43. The Morgan fingerprint density at radius 2 is 2.05 bits per heavy atom. The minimum Gasteiger partial charge on any atom is -0.384 e. The molecule has 1 saturated carbocycles. The van der Waals surface area contributed by atoms with E-state index in [0.717, 1.165) is 44.6 Å². The van der Waals surface area contributed by atoms with Gasteiger partial charge in [0.15, 0.2) is 0 Å². The first-order chi connectivity index (χ1) is 10.1. The predicted molar refractivity (Wildman–Crippen MR) is 81.9 cm³/mol. The summed E-state index contributed by atoms with van der Waals surface area (Å²) in [7, 11) is 0. The van der Waals surface area contributed by atoms with E-state index < -0.39 is 0 Å². The lowest BCUT2D eigenvalue weighted by atomic mass is 10.1. The maximum absolute atomic E-state index is 12.4. The molecule has 1 saturated heterocycles. The van der Waals surface area contributed by atoms with Gasteiger partial charge in [-0.15, -0.1) is 0 Å². The zero-order chi connectivity index (χ0) is 14.8. The molecule has 3 rings (SSSR count).